The molecule has 0 spiro atoms. The third-order valence-corrected chi connectivity index (χ3v) is 3.82. The van der Waals surface area contributed by atoms with Crippen molar-refractivity contribution >= 4 is 5.69 Å². The highest BCUT2D eigenvalue weighted by atomic mass is 15.2. The molecule has 1 aliphatic heterocycles. The molecule has 1 aliphatic rings. The molecule has 1 aromatic heterocycles. The average Bonchev–Trinajstić information content (AvgIpc) is 2.80. The maximum Gasteiger partial charge on any atom is 0.0948 e. The molecule has 0 aliphatic carbocycles. The Labute approximate surface area is 120 Å². The minimum absolute atomic E-state index is 0.929. The molecule has 0 atom stereocenters. The predicted octanol–water partition coefficient (Wildman–Crippen LogP) is 2.40. The first-order valence-corrected chi connectivity index (χ1v) is 7.41. The number of rotatable bonds is 4. The highest BCUT2D eigenvalue weighted by molar-refractivity contribution is 5.54. The van der Waals surface area contributed by atoms with E-state index in [1.807, 2.05) is 12.5 Å². The molecule has 2 heterocycles. The van der Waals surface area contributed by atoms with Crippen LogP contribution in [0.3, 0.4) is 0 Å². The first kappa shape index (κ1) is 13.2. The van der Waals surface area contributed by atoms with Crippen LogP contribution in [0, 0.1) is 0 Å². The average molecular weight is 270 g/mol. The Morgan fingerprint density at radius 2 is 2.20 bits per heavy atom. The predicted molar refractivity (Wildman–Crippen MR) is 81.7 cm³/mol. The first-order chi connectivity index (χ1) is 9.88. The molecule has 0 saturated heterocycles. The number of nitrogens with zero attached hydrogens (tertiary/aromatic N) is 3. The van der Waals surface area contributed by atoms with E-state index < -0.39 is 0 Å². The van der Waals surface area contributed by atoms with Gasteiger partial charge in [0.1, 0.15) is 0 Å². The standard InChI is InChI=1S/C16H22N4/c1-2-8-20-13-18-11-15(20)12-19-9-7-17-10-14-5-3-4-6-16(14)19/h3-6,11,13,17H,2,7-10,12H2,1H3. The van der Waals surface area contributed by atoms with E-state index in [-0.39, 0.29) is 0 Å². The Hall–Kier alpha value is -1.81. The van der Waals surface area contributed by atoms with Crippen LogP contribution in [0.25, 0.3) is 0 Å². The van der Waals surface area contributed by atoms with Crippen LogP contribution in [0.4, 0.5) is 5.69 Å². The summed E-state index contributed by atoms with van der Waals surface area (Å²) < 4.78 is 2.26. The molecule has 0 bridgehead atoms. The van der Waals surface area contributed by atoms with Crippen molar-refractivity contribution in [1.82, 2.24) is 14.9 Å². The summed E-state index contributed by atoms with van der Waals surface area (Å²) in [5.74, 6) is 0. The number of aryl methyl sites for hydroxylation is 1. The lowest BCUT2D eigenvalue weighted by Gasteiger charge is -2.25. The Balaban J connectivity index is 1.85. The Kier molecular flexibility index (Phi) is 4.02. The van der Waals surface area contributed by atoms with Crippen molar-refractivity contribution in [2.45, 2.75) is 33.0 Å². The molecule has 0 unspecified atom stereocenters. The number of nitrogens with one attached hydrogen (secondary N) is 1. The van der Waals surface area contributed by atoms with Gasteiger partial charge in [0, 0.05) is 38.1 Å². The summed E-state index contributed by atoms with van der Waals surface area (Å²) in [6.07, 6.45) is 5.08. The van der Waals surface area contributed by atoms with Crippen LogP contribution in [-0.4, -0.2) is 22.6 Å². The van der Waals surface area contributed by atoms with E-state index in [4.69, 9.17) is 0 Å². The quantitative estimate of drug-likeness (QED) is 0.926. The molecule has 1 aromatic carbocycles. The molecule has 0 radical (unpaired) electrons. The third-order valence-electron chi connectivity index (χ3n) is 3.82. The monoisotopic (exact) mass is 270 g/mol. The van der Waals surface area contributed by atoms with Gasteiger partial charge in [0.05, 0.1) is 18.6 Å². The molecule has 20 heavy (non-hydrogen) atoms. The van der Waals surface area contributed by atoms with Gasteiger partial charge in [-0.15, -0.1) is 0 Å². The lowest BCUT2D eigenvalue weighted by Crippen LogP contribution is -2.29. The minimum atomic E-state index is 0.929. The second kappa shape index (κ2) is 6.09. The van der Waals surface area contributed by atoms with Crippen LogP contribution in [0.15, 0.2) is 36.8 Å². The molecule has 3 rings (SSSR count). The van der Waals surface area contributed by atoms with Gasteiger partial charge in [-0.3, -0.25) is 0 Å². The Morgan fingerprint density at radius 3 is 3.10 bits per heavy atom. The van der Waals surface area contributed by atoms with Crippen molar-refractivity contribution < 1.29 is 0 Å². The number of aromatic nitrogens is 2. The molecule has 0 saturated carbocycles. The van der Waals surface area contributed by atoms with Crippen LogP contribution in [0.2, 0.25) is 0 Å². The van der Waals surface area contributed by atoms with Crippen molar-refractivity contribution in [1.29, 1.82) is 0 Å². The highest BCUT2D eigenvalue weighted by Crippen LogP contribution is 2.23. The first-order valence-electron chi connectivity index (χ1n) is 7.41. The summed E-state index contributed by atoms with van der Waals surface area (Å²) in [4.78, 5) is 6.76. The maximum absolute atomic E-state index is 4.31. The number of para-hydroxylation sites is 1. The Morgan fingerprint density at radius 1 is 1.30 bits per heavy atom. The van der Waals surface area contributed by atoms with Gasteiger partial charge in [-0.05, 0) is 18.1 Å². The van der Waals surface area contributed by atoms with Crippen molar-refractivity contribution in [2.24, 2.45) is 0 Å². The Bertz CT molecular complexity index is 561. The summed E-state index contributed by atoms with van der Waals surface area (Å²) >= 11 is 0. The molecule has 1 N–H and O–H groups in total. The molecule has 0 amide bonds. The van der Waals surface area contributed by atoms with E-state index in [1.54, 1.807) is 0 Å². The largest absolute Gasteiger partial charge is 0.364 e. The van der Waals surface area contributed by atoms with Crippen molar-refractivity contribution in [2.75, 3.05) is 18.0 Å². The summed E-state index contributed by atoms with van der Waals surface area (Å²) in [7, 11) is 0. The van der Waals surface area contributed by atoms with E-state index in [9.17, 15) is 0 Å². The fourth-order valence-corrected chi connectivity index (χ4v) is 2.81. The van der Waals surface area contributed by atoms with E-state index in [2.05, 4.69) is 51.0 Å². The van der Waals surface area contributed by atoms with Gasteiger partial charge in [0.15, 0.2) is 0 Å². The molecular weight excluding hydrogens is 248 g/mol. The van der Waals surface area contributed by atoms with Gasteiger partial charge in [-0.1, -0.05) is 25.1 Å². The van der Waals surface area contributed by atoms with Crippen LogP contribution in [0.1, 0.15) is 24.6 Å². The zero-order valence-electron chi connectivity index (χ0n) is 12.0. The number of benzene rings is 1. The van der Waals surface area contributed by atoms with E-state index in [1.165, 1.54) is 16.9 Å². The van der Waals surface area contributed by atoms with Crippen LogP contribution >= 0.6 is 0 Å². The van der Waals surface area contributed by atoms with Gasteiger partial charge in [0.2, 0.25) is 0 Å². The summed E-state index contributed by atoms with van der Waals surface area (Å²) in [5, 5.41) is 3.49. The molecule has 106 valence electrons. The number of anilines is 1. The maximum atomic E-state index is 4.31. The van der Waals surface area contributed by atoms with Gasteiger partial charge in [-0.25, -0.2) is 4.98 Å². The molecule has 0 fully saturated rings. The SMILES string of the molecule is CCCn1cncc1CN1CCNCc2ccccc21. The normalized spacial score (nSPS) is 14.9. The third kappa shape index (κ3) is 2.70. The van der Waals surface area contributed by atoms with Gasteiger partial charge >= 0.3 is 0 Å². The van der Waals surface area contributed by atoms with Gasteiger partial charge in [-0.2, -0.15) is 0 Å². The smallest absolute Gasteiger partial charge is 0.0948 e. The molecule has 4 nitrogen and oxygen atoms in total. The fourth-order valence-electron chi connectivity index (χ4n) is 2.81. The second-order valence-electron chi connectivity index (χ2n) is 5.31. The second-order valence-corrected chi connectivity index (χ2v) is 5.31. The van der Waals surface area contributed by atoms with Gasteiger partial charge in [0.25, 0.3) is 0 Å². The summed E-state index contributed by atoms with van der Waals surface area (Å²) in [6, 6.07) is 8.68. The zero-order valence-corrected chi connectivity index (χ0v) is 12.0. The number of fused-ring (bicyclic) bond motifs is 1. The van der Waals surface area contributed by atoms with E-state index >= 15 is 0 Å². The summed E-state index contributed by atoms with van der Waals surface area (Å²) in [5.41, 5.74) is 4.02. The van der Waals surface area contributed by atoms with Crippen LogP contribution in [-0.2, 0) is 19.6 Å². The molecule has 2 aromatic rings. The van der Waals surface area contributed by atoms with Crippen molar-refractivity contribution in [3.8, 4) is 0 Å². The van der Waals surface area contributed by atoms with Crippen LogP contribution < -0.4 is 10.2 Å². The lowest BCUT2D eigenvalue weighted by molar-refractivity contribution is 0.626. The summed E-state index contributed by atoms with van der Waals surface area (Å²) in [6.45, 7) is 7.20. The zero-order chi connectivity index (χ0) is 13.8. The van der Waals surface area contributed by atoms with Crippen molar-refractivity contribution in [3.05, 3.63) is 48.0 Å². The molecular formula is C16H22N4. The van der Waals surface area contributed by atoms with Crippen LogP contribution in [0.5, 0.6) is 0 Å². The fraction of sp³-hybridized carbons (Fsp3) is 0.438. The number of hydrogen-bond acceptors (Lipinski definition) is 3. The topological polar surface area (TPSA) is 33.1 Å². The molecule has 4 heteroatoms. The highest BCUT2D eigenvalue weighted by Gasteiger charge is 2.16. The van der Waals surface area contributed by atoms with E-state index in [0.717, 1.165) is 39.1 Å². The van der Waals surface area contributed by atoms with Gasteiger partial charge < -0.3 is 14.8 Å². The van der Waals surface area contributed by atoms with Crippen molar-refractivity contribution in [3.63, 3.8) is 0 Å². The number of hydrogen-bond donors (Lipinski definition) is 1. The lowest BCUT2D eigenvalue weighted by atomic mass is 10.1. The minimum Gasteiger partial charge on any atom is -0.364 e. The number of imidazole rings is 1. The van der Waals surface area contributed by atoms with E-state index in [0.29, 0.717) is 0 Å².